The lowest BCUT2D eigenvalue weighted by molar-refractivity contribution is 0.0819. The van der Waals surface area contributed by atoms with E-state index in [9.17, 15) is 14.7 Å². The van der Waals surface area contributed by atoms with Crippen LogP contribution in [-0.4, -0.2) is 26.5 Å². The highest BCUT2D eigenvalue weighted by molar-refractivity contribution is 9.10. The summed E-state index contributed by atoms with van der Waals surface area (Å²) in [7, 11) is 1.70. The average molecular weight is 351 g/mol. The second-order valence-corrected chi connectivity index (χ2v) is 5.85. The number of carbonyl (C=O) groups excluding carboxylic acids is 2. The quantitative estimate of drug-likeness (QED) is 0.679. The van der Waals surface area contributed by atoms with Crippen LogP contribution in [0.5, 0.6) is 5.75 Å². The zero-order valence-corrected chi connectivity index (χ0v) is 13.5. The number of hydrogen-bond acceptors (Lipinski definition) is 4. The number of benzene rings is 1. The van der Waals surface area contributed by atoms with Gasteiger partial charge in [-0.15, -0.1) is 0 Å². The molecule has 1 aromatic heterocycles. The second-order valence-electron chi connectivity index (χ2n) is 5.00. The number of nitrogens with zero attached hydrogens (tertiary/aromatic N) is 2. The van der Waals surface area contributed by atoms with Crippen molar-refractivity contribution in [3.8, 4) is 5.75 Å². The average Bonchev–Trinajstić information content (AvgIpc) is 2.87. The van der Waals surface area contributed by atoms with Crippen molar-refractivity contribution in [2.75, 3.05) is 0 Å². The molecule has 0 bridgehead atoms. The monoisotopic (exact) mass is 350 g/mol. The summed E-state index contributed by atoms with van der Waals surface area (Å²) in [5.41, 5.74) is 1.35. The van der Waals surface area contributed by atoms with Gasteiger partial charge in [-0.25, -0.2) is 0 Å². The van der Waals surface area contributed by atoms with Gasteiger partial charge in [0.15, 0.2) is 11.6 Å². The fourth-order valence-electron chi connectivity index (χ4n) is 2.07. The molecular formula is C15H15BrN2O3. The predicted molar refractivity (Wildman–Crippen MR) is 81.6 cm³/mol. The number of phenolic OH excluding ortho intramolecular Hbond substituents is 1. The molecule has 0 saturated heterocycles. The van der Waals surface area contributed by atoms with Crippen molar-refractivity contribution in [1.82, 2.24) is 9.78 Å². The van der Waals surface area contributed by atoms with E-state index in [1.54, 1.807) is 25.4 Å². The van der Waals surface area contributed by atoms with E-state index in [0.29, 0.717) is 10.0 Å². The first-order valence-electron chi connectivity index (χ1n) is 6.37. The van der Waals surface area contributed by atoms with E-state index in [4.69, 9.17) is 0 Å². The first-order chi connectivity index (χ1) is 9.81. The molecule has 0 saturated carbocycles. The van der Waals surface area contributed by atoms with E-state index in [1.807, 2.05) is 6.92 Å². The molecule has 2 rings (SSSR count). The lowest BCUT2D eigenvalue weighted by Crippen LogP contribution is -2.21. The van der Waals surface area contributed by atoms with Gasteiger partial charge >= 0.3 is 0 Å². The summed E-state index contributed by atoms with van der Waals surface area (Å²) in [5.74, 6) is -1.75. The Morgan fingerprint density at radius 1 is 1.33 bits per heavy atom. The third kappa shape index (κ3) is 3.05. The lowest BCUT2D eigenvalue weighted by Gasteiger charge is -2.11. The molecule has 0 radical (unpaired) electrons. The van der Waals surface area contributed by atoms with Gasteiger partial charge in [-0.2, -0.15) is 5.10 Å². The van der Waals surface area contributed by atoms with Gasteiger partial charge in [-0.3, -0.25) is 14.3 Å². The first-order valence-corrected chi connectivity index (χ1v) is 7.16. The Hall–Kier alpha value is -1.95. The molecule has 6 heteroatoms. The number of hydrogen-bond donors (Lipinski definition) is 1. The molecule has 1 N–H and O–H groups in total. The molecule has 0 fully saturated rings. The molecule has 1 atom stereocenters. The van der Waals surface area contributed by atoms with Gasteiger partial charge in [0.05, 0.1) is 27.7 Å². The standard InChI is InChI=1S/C15H15BrN2O3/c1-8-4-11(15(21)12(16)5-8)14(20)9(2)13(19)10-6-17-18(3)7-10/h4-7,9,21H,1-3H3. The third-order valence-corrected chi connectivity index (χ3v) is 3.85. The van der Waals surface area contributed by atoms with E-state index in [1.165, 1.54) is 17.8 Å². The van der Waals surface area contributed by atoms with Crippen molar-refractivity contribution in [3.05, 3.63) is 45.7 Å². The maximum atomic E-state index is 12.5. The normalized spacial score (nSPS) is 12.2. The van der Waals surface area contributed by atoms with Crippen LogP contribution >= 0.6 is 15.9 Å². The van der Waals surface area contributed by atoms with Crippen LogP contribution < -0.4 is 0 Å². The number of halogens is 1. The maximum Gasteiger partial charge on any atom is 0.177 e. The molecule has 5 nitrogen and oxygen atoms in total. The molecule has 0 aliphatic heterocycles. The highest BCUT2D eigenvalue weighted by Gasteiger charge is 2.27. The number of aromatic nitrogens is 2. The van der Waals surface area contributed by atoms with Crippen LogP contribution in [0.15, 0.2) is 29.0 Å². The van der Waals surface area contributed by atoms with Crippen molar-refractivity contribution in [2.24, 2.45) is 13.0 Å². The summed E-state index contributed by atoms with van der Waals surface area (Å²) in [6, 6.07) is 3.29. The lowest BCUT2D eigenvalue weighted by atomic mass is 9.91. The zero-order valence-electron chi connectivity index (χ0n) is 11.9. The summed E-state index contributed by atoms with van der Waals surface area (Å²) in [6.45, 7) is 3.35. The van der Waals surface area contributed by atoms with E-state index in [0.717, 1.165) is 5.56 Å². The first kappa shape index (κ1) is 15.4. The Bertz CT molecular complexity index is 722. The molecule has 1 heterocycles. The Labute approximate surface area is 130 Å². The number of Topliss-reactive ketones (excluding diaryl/α,β-unsaturated/α-hetero) is 2. The fraction of sp³-hybridized carbons (Fsp3) is 0.267. The Morgan fingerprint density at radius 3 is 2.57 bits per heavy atom. The van der Waals surface area contributed by atoms with Gasteiger partial charge in [-0.1, -0.05) is 0 Å². The smallest absolute Gasteiger partial charge is 0.177 e. The summed E-state index contributed by atoms with van der Waals surface area (Å²) < 4.78 is 1.94. The van der Waals surface area contributed by atoms with Gasteiger partial charge in [0.25, 0.3) is 0 Å². The minimum atomic E-state index is -0.881. The Kier molecular flexibility index (Phi) is 4.27. The molecule has 0 amide bonds. The predicted octanol–water partition coefficient (Wildman–Crippen LogP) is 2.90. The molecule has 0 spiro atoms. The van der Waals surface area contributed by atoms with Crippen LogP contribution in [0.3, 0.4) is 0 Å². The molecule has 2 aromatic rings. The number of carbonyl (C=O) groups is 2. The van der Waals surface area contributed by atoms with Crippen molar-refractivity contribution in [1.29, 1.82) is 0 Å². The number of ketones is 2. The van der Waals surface area contributed by atoms with Crippen molar-refractivity contribution in [2.45, 2.75) is 13.8 Å². The zero-order chi connectivity index (χ0) is 15.7. The molecule has 0 aliphatic carbocycles. The minimum Gasteiger partial charge on any atom is -0.506 e. The van der Waals surface area contributed by atoms with Crippen molar-refractivity contribution >= 4 is 27.5 Å². The van der Waals surface area contributed by atoms with Gasteiger partial charge < -0.3 is 5.11 Å². The molecule has 1 unspecified atom stereocenters. The number of rotatable bonds is 4. The minimum absolute atomic E-state index is 0.142. The summed E-state index contributed by atoms with van der Waals surface area (Å²) >= 11 is 3.20. The SMILES string of the molecule is Cc1cc(Br)c(O)c(C(=O)C(C)C(=O)c2cnn(C)c2)c1. The van der Waals surface area contributed by atoms with Crippen LogP contribution in [0.25, 0.3) is 0 Å². The van der Waals surface area contributed by atoms with Crippen molar-refractivity contribution < 1.29 is 14.7 Å². The van der Waals surface area contributed by atoms with Crippen molar-refractivity contribution in [3.63, 3.8) is 0 Å². The van der Waals surface area contributed by atoms with Gasteiger partial charge in [-0.05, 0) is 47.5 Å². The highest BCUT2D eigenvalue weighted by atomic mass is 79.9. The largest absolute Gasteiger partial charge is 0.506 e. The van der Waals surface area contributed by atoms with Crippen LogP contribution in [0.2, 0.25) is 0 Å². The number of aromatic hydroxyl groups is 1. The number of phenols is 1. The highest BCUT2D eigenvalue weighted by Crippen LogP contribution is 2.31. The molecular weight excluding hydrogens is 336 g/mol. The molecule has 21 heavy (non-hydrogen) atoms. The second kappa shape index (κ2) is 5.81. The van der Waals surface area contributed by atoms with Crippen LogP contribution in [0.4, 0.5) is 0 Å². The molecule has 0 aliphatic rings. The Balaban J connectivity index is 2.34. The van der Waals surface area contributed by atoms with E-state index < -0.39 is 11.7 Å². The summed E-state index contributed by atoms with van der Waals surface area (Å²) in [5, 5.41) is 13.9. The summed E-state index contributed by atoms with van der Waals surface area (Å²) in [6.07, 6.45) is 3.00. The fourth-order valence-corrected chi connectivity index (χ4v) is 2.65. The molecule has 1 aromatic carbocycles. The van der Waals surface area contributed by atoms with E-state index >= 15 is 0 Å². The van der Waals surface area contributed by atoms with Crippen LogP contribution in [-0.2, 0) is 7.05 Å². The van der Waals surface area contributed by atoms with Crippen LogP contribution in [0.1, 0.15) is 33.2 Å². The van der Waals surface area contributed by atoms with Gasteiger partial charge in [0, 0.05) is 13.2 Å². The summed E-state index contributed by atoms with van der Waals surface area (Å²) in [4.78, 5) is 24.7. The van der Waals surface area contributed by atoms with E-state index in [2.05, 4.69) is 21.0 Å². The van der Waals surface area contributed by atoms with E-state index in [-0.39, 0.29) is 17.1 Å². The third-order valence-electron chi connectivity index (χ3n) is 3.25. The van der Waals surface area contributed by atoms with Crippen LogP contribution in [0, 0.1) is 12.8 Å². The van der Waals surface area contributed by atoms with Gasteiger partial charge in [0.1, 0.15) is 5.75 Å². The number of aryl methyl sites for hydroxylation is 2. The van der Waals surface area contributed by atoms with Gasteiger partial charge in [0.2, 0.25) is 0 Å². The Morgan fingerprint density at radius 2 is 2.00 bits per heavy atom. The maximum absolute atomic E-state index is 12.5. The molecule has 110 valence electrons. The topological polar surface area (TPSA) is 72.2 Å².